The highest BCUT2D eigenvalue weighted by atomic mass is 32.1. The first-order valence-corrected chi connectivity index (χ1v) is 6.47. The number of nitrogens with zero attached hydrogens (tertiary/aromatic N) is 3. The Bertz CT molecular complexity index is 788. The maximum atomic E-state index is 10.9. The highest BCUT2D eigenvalue weighted by Crippen LogP contribution is 2.28. The molecule has 3 rings (SSSR count). The Morgan fingerprint density at radius 1 is 1.37 bits per heavy atom. The van der Waals surface area contributed by atoms with E-state index in [-0.39, 0.29) is 5.69 Å². The molecule has 6 heteroatoms. The lowest BCUT2D eigenvalue weighted by Gasteiger charge is -2.01. The molecule has 0 aliphatic carbocycles. The summed E-state index contributed by atoms with van der Waals surface area (Å²) in [6.07, 6.45) is 0. The fraction of sp³-hybridized carbons (Fsp3) is 0.154. The quantitative estimate of drug-likeness (QED) is 0.779. The van der Waals surface area contributed by atoms with Crippen LogP contribution in [0.5, 0.6) is 0 Å². The Labute approximate surface area is 113 Å². The van der Waals surface area contributed by atoms with Crippen LogP contribution >= 0.6 is 11.5 Å². The van der Waals surface area contributed by atoms with Gasteiger partial charge in [-0.3, -0.25) is 4.68 Å². The van der Waals surface area contributed by atoms with E-state index >= 15 is 0 Å². The highest BCUT2D eigenvalue weighted by Gasteiger charge is 2.13. The number of carboxylic acid groups (broad SMARTS) is 1. The Hall–Kier alpha value is -2.21. The van der Waals surface area contributed by atoms with Gasteiger partial charge in [0.15, 0.2) is 5.69 Å². The van der Waals surface area contributed by atoms with Gasteiger partial charge in [-0.05, 0) is 30.6 Å². The number of carboxylic acids is 1. The molecular weight excluding hydrogens is 262 g/mol. The molecule has 19 heavy (non-hydrogen) atoms. The van der Waals surface area contributed by atoms with Crippen molar-refractivity contribution in [1.82, 2.24) is 14.2 Å². The maximum Gasteiger partial charge on any atom is 0.356 e. The summed E-state index contributed by atoms with van der Waals surface area (Å²) in [5.74, 6) is -1.02. The summed E-state index contributed by atoms with van der Waals surface area (Å²) in [5, 5.41) is 14.1. The zero-order valence-electron chi connectivity index (χ0n) is 10.4. The van der Waals surface area contributed by atoms with E-state index in [1.165, 1.54) is 11.5 Å². The van der Waals surface area contributed by atoms with Gasteiger partial charge in [-0.25, -0.2) is 4.79 Å². The van der Waals surface area contributed by atoms with Gasteiger partial charge >= 0.3 is 5.97 Å². The molecule has 0 aliphatic rings. The molecule has 0 radical (unpaired) electrons. The summed E-state index contributed by atoms with van der Waals surface area (Å²) in [7, 11) is 1.74. The van der Waals surface area contributed by atoms with Crippen LogP contribution in [0, 0.1) is 6.92 Å². The minimum Gasteiger partial charge on any atom is -0.476 e. The molecule has 0 fully saturated rings. The first kappa shape index (κ1) is 11.9. The zero-order valence-corrected chi connectivity index (χ0v) is 11.2. The third-order valence-electron chi connectivity index (χ3n) is 3.05. The monoisotopic (exact) mass is 273 g/mol. The van der Waals surface area contributed by atoms with Crippen LogP contribution in [-0.4, -0.2) is 25.2 Å². The predicted octanol–water partition coefficient (Wildman–Crippen LogP) is 2.70. The molecule has 1 N–H and O–H groups in total. The molecule has 0 unspecified atom stereocenters. The van der Waals surface area contributed by atoms with Crippen molar-refractivity contribution in [2.24, 2.45) is 7.05 Å². The third kappa shape index (κ3) is 1.90. The van der Waals surface area contributed by atoms with Crippen LogP contribution in [0.15, 0.2) is 24.3 Å². The van der Waals surface area contributed by atoms with Gasteiger partial charge in [-0.2, -0.15) is 9.47 Å². The summed E-state index contributed by atoms with van der Waals surface area (Å²) in [5.41, 5.74) is 2.80. The molecule has 0 saturated heterocycles. The van der Waals surface area contributed by atoms with Crippen molar-refractivity contribution < 1.29 is 9.90 Å². The molecule has 0 saturated carbocycles. The number of carbonyl (C=O) groups is 1. The summed E-state index contributed by atoms with van der Waals surface area (Å²) >= 11 is 1.45. The molecule has 1 aromatic carbocycles. The van der Waals surface area contributed by atoms with E-state index in [1.54, 1.807) is 17.8 Å². The number of hydrogen-bond acceptors (Lipinski definition) is 4. The molecular formula is C13H11N3O2S. The number of benzene rings is 1. The summed E-state index contributed by atoms with van der Waals surface area (Å²) < 4.78 is 6.98. The SMILES string of the molecule is Cc1nsc2cc(-c3cc(C(=O)O)nn3C)ccc12. The molecule has 2 aromatic heterocycles. The Morgan fingerprint density at radius 2 is 2.16 bits per heavy atom. The highest BCUT2D eigenvalue weighted by molar-refractivity contribution is 7.13. The van der Waals surface area contributed by atoms with Gasteiger partial charge in [0.2, 0.25) is 0 Å². The van der Waals surface area contributed by atoms with Crippen molar-refractivity contribution in [3.05, 3.63) is 35.7 Å². The van der Waals surface area contributed by atoms with E-state index in [1.807, 2.05) is 25.1 Å². The minimum atomic E-state index is -1.02. The lowest BCUT2D eigenvalue weighted by molar-refractivity contribution is 0.0689. The van der Waals surface area contributed by atoms with Crippen molar-refractivity contribution in [1.29, 1.82) is 0 Å². The van der Waals surface area contributed by atoms with E-state index in [2.05, 4.69) is 9.47 Å². The average Bonchev–Trinajstić information content (AvgIpc) is 2.93. The van der Waals surface area contributed by atoms with Gasteiger partial charge in [0.25, 0.3) is 0 Å². The zero-order chi connectivity index (χ0) is 13.6. The molecule has 0 aliphatic heterocycles. The number of hydrogen-bond donors (Lipinski definition) is 1. The molecule has 0 spiro atoms. The molecule has 5 nitrogen and oxygen atoms in total. The predicted molar refractivity (Wildman–Crippen MR) is 73.5 cm³/mol. The normalized spacial score (nSPS) is 11.1. The van der Waals surface area contributed by atoms with Crippen LogP contribution < -0.4 is 0 Å². The van der Waals surface area contributed by atoms with Crippen LogP contribution in [0.3, 0.4) is 0 Å². The van der Waals surface area contributed by atoms with Crippen molar-refractivity contribution >= 4 is 27.6 Å². The smallest absolute Gasteiger partial charge is 0.356 e. The van der Waals surface area contributed by atoms with Gasteiger partial charge in [-0.1, -0.05) is 12.1 Å². The van der Waals surface area contributed by atoms with E-state index in [0.29, 0.717) is 0 Å². The van der Waals surface area contributed by atoms with Gasteiger partial charge in [0, 0.05) is 18.0 Å². The van der Waals surface area contributed by atoms with Gasteiger partial charge in [-0.15, -0.1) is 0 Å². The maximum absolute atomic E-state index is 10.9. The Kier molecular flexibility index (Phi) is 2.60. The largest absolute Gasteiger partial charge is 0.476 e. The summed E-state index contributed by atoms with van der Waals surface area (Å²) in [6, 6.07) is 7.57. The lowest BCUT2D eigenvalue weighted by atomic mass is 10.1. The lowest BCUT2D eigenvalue weighted by Crippen LogP contribution is -1.99. The van der Waals surface area contributed by atoms with Crippen LogP contribution in [0.2, 0.25) is 0 Å². The molecule has 2 heterocycles. The molecule has 0 bridgehead atoms. The number of rotatable bonds is 2. The van der Waals surface area contributed by atoms with E-state index in [9.17, 15) is 4.79 Å². The van der Waals surface area contributed by atoms with Crippen molar-refractivity contribution in [2.75, 3.05) is 0 Å². The first-order valence-electron chi connectivity index (χ1n) is 5.70. The minimum absolute atomic E-state index is 0.0538. The van der Waals surface area contributed by atoms with Crippen LogP contribution in [0.1, 0.15) is 16.2 Å². The summed E-state index contributed by atoms with van der Waals surface area (Å²) in [6.45, 7) is 1.98. The van der Waals surface area contributed by atoms with E-state index in [4.69, 9.17) is 5.11 Å². The second-order valence-electron chi connectivity index (χ2n) is 4.32. The van der Waals surface area contributed by atoms with E-state index in [0.717, 1.165) is 27.0 Å². The third-order valence-corrected chi connectivity index (χ3v) is 3.95. The first-order chi connectivity index (χ1) is 9.06. The summed E-state index contributed by atoms with van der Waals surface area (Å²) in [4.78, 5) is 10.9. The molecule has 0 amide bonds. The number of aromatic nitrogens is 3. The van der Waals surface area contributed by atoms with E-state index < -0.39 is 5.97 Å². The average molecular weight is 273 g/mol. The second-order valence-corrected chi connectivity index (χ2v) is 5.13. The Balaban J connectivity index is 2.15. The Morgan fingerprint density at radius 3 is 2.84 bits per heavy atom. The second kappa shape index (κ2) is 4.17. The molecule has 0 atom stereocenters. The number of aryl methyl sites for hydroxylation is 2. The fourth-order valence-electron chi connectivity index (χ4n) is 2.06. The molecule has 96 valence electrons. The van der Waals surface area contributed by atoms with Crippen molar-refractivity contribution in [2.45, 2.75) is 6.92 Å². The van der Waals surface area contributed by atoms with Gasteiger partial charge < -0.3 is 5.11 Å². The topological polar surface area (TPSA) is 68.0 Å². The van der Waals surface area contributed by atoms with Crippen LogP contribution in [0.4, 0.5) is 0 Å². The van der Waals surface area contributed by atoms with Crippen LogP contribution in [-0.2, 0) is 7.05 Å². The van der Waals surface area contributed by atoms with Gasteiger partial charge in [0.1, 0.15) is 0 Å². The van der Waals surface area contributed by atoms with Gasteiger partial charge in [0.05, 0.1) is 16.1 Å². The standard InChI is InChI=1S/C13H11N3O2S/c1-7-9-4-3-8(5-12(9)19-15-7)11-6-10(13(17)18)14-16(11)2/h3-6H,1-2H3,(H,17,18). The van der Waals surface area contributed by atoms with Crippen molar-refractivity contribution in [3.63, 3.8) is 0 Å². The fourth-order valence-corrected chi connectivity index (χ4v) is 2.89. The van der Waals surface area contributed by atoms with Crippen molar-refractivity contribution in [3.8, 4) is 11.3 Å². The number of aromatic carboxylic acids is 1. The van der Waals surface area contributed by atoms with Crippen LogP contribution in [0.25, 0.3) is 21.3 Å². The number of fused-ring (bicyclic) bond motifs is 1. The molecule has 3 aromatic rings.